The van der Waals surface area contributed by atoms with Gasteiger partial charge in [-0.1, -0.05) is 57.2 Å². The van der Waals surface area contributed by atoms with Crippen molar-refractivity contribution in [3.8, 4) is 5.75 Å². The van der Waals surface area contributed by atoms with E-state index in [9.17, 15) is 28.7 Å². The second-order valence-corrected chi connectivity index (χ2v) is 12.3. The number of thiazole rings is 1. The number of hydrogen-bond donors (Lipinski definition) is 2. The molecule has 8 nitrogen and oxygen atoms in total. The van der Waals surface area contributed by atoms with Crippen molar-refractivity contribution in [3.05, 3.63) is 103 Å². The van der Waals surface area contributed by atoms with Gasteiger partial charge in [0.25, 0.3) is 0 Å². The van der Waals surface area contributed by atoms with Gasteiger partial charge in [0.2, 0.25) is 17.7 Å². The molecule has 3 aromatic carbocycles. The fourth-order valence-electron chi connectivity index (χ4n) is 5.06. The average molecular weight is 641 g/mol. The van der Waals surface area contributed by atoms with E-state index in [-0.39, 0.29) is 12.3 Å². The summed E-state index contributed by atoms with van der Waals surface area (Å²) in [5, 5.41) is 13.0. The zero-order valence-corrected chi connectivity index (χ0v) is 23.6. The highest BCUT2D eigenvalue weighted by atomic mass is 79.9. The maximum absolute atomic E-state index is 13.9. The molecule has 0 radical (unpaired) electrons. The number of phenols is 1. The lowest BCUT2D eigenvalue weighted by molar-refractivity contribution is -0.122. The predicted molar refractivity (Wildman–Crippen MR) is 153 cm³/mol. The van der Waals surface area contributed by atoms with Crippen molar-refractivity contribution < 1.29 is 23.9 Å². The van der Waals surface area contributed by atoms with Crippen molar-refractivity contribution in [1.29, 1.82) is 0 Å². The molecule has 6 rings (SSSR count). The third-order valence-electron chi connectivity index (χ3n) is 6.84. The fourth-order valence-corrected chi connectivity index (χ4v) is 8.09. The Morgan fingerprint density at radius 3 is 2.38 bits per heavy atom. The Kier molecular flexibility index (Phi) is 6.85. The lowest BCUT2D eigenvalue weighted by Crippen LogP contribution is -2.33. The van der Waals surface area contributed by atoms with Crippen molar-refractivity contribution in [3.63, 3.8) is 0 Å². The Hall–Kier alpha value is -3.74. The largest absolute Gasteiger partial charge is 0.508 e. The van der Waals surface area contributed by atoms with Crippen molar-refractivity contribution >= 4 is 68.1 Å². The molecule has 0 saturated carbocycles. The maximum Gasteiger partial charge on any atom is 0.308 e. The summed E-state index contributed by atoms with van der Waals surface area (Å²) in [5.41, 5.74) is 1.20. The van der Waals surface area contributed by atoms with Gasteiger partial charge in [0, 0.05) is 26.5 Å². The van der Waals surface area contributed by atoms with E-state index in [4.69, 9.17) is 0 Å². The highest BCUT2D eigenvalue weighted by Gasteiger charge is 2.57. The molecule has 12 heteroatoms. The average Bonchev–Trinajstić information content (AvgIpc) is 3.37. The van der Waals surface area contributed by atoms with Gasteiger partial charge in [0.05, 0.1) is 16.6 Å². The summed E-state index contributed by atoms with van der Waals surface area (Å²) in [6.45, 7) is -0.349. The number of anilines is 2. The van der Waals surface area contributed by atoms with Gasteiger partial charge >= 0.3 is 4.87 Å². The van der Waals surface area contributed by atoms with Gasteiger partial charge < -0.3 is 10.4 Å². The Morgan fingerprint density at radius 1 is 0.975 bits per heavy atom. The van der Waals surface area contributed by atoms with Crippen molar-refractivity contribution in [2.24, 2.45) is 5.92 Å². The van der Waals surface area contributed by atoms with E-state index < -0.39 is 45.5 Å². The molecule has 0 unspecified atom stereocenters. The van der Waals surface area contributed by atoms with Gasteiger partial charge in [0.1, 0.15) is 23.4 Å². The highest BCUT2D eigenvalue weighted by molar-refractivity contribution is 9.10. The minimum atomic E-state index is -0.881. The molecule has 0 spiro atoms. The Balaban J connectivity index is 1.41. The number of halogens is 2. The second kappa shape index (κ2) is 10.3. The number of imide groups is 1. The number of aromatic nitrogens is 1. The third-order valence-corrected chi connectivity index (χ3v) is 9.97. The van der Waals surface area contributed by atoms with Crippen LogP contribution in [0.2, 0.25) is 0 Å². The van der Waals surface area contributed by atoms with Crippen LogP contribution in [-0.4, -0.2) is 32.6 Å². The van der Waals surface area contributed by atoms with E-state index in [0.717, 1.165) is 32.5 Å². The van der Waals surface area contributed by atoms with Gasteiger partial charge in [-0.25, -0.2) is 9.29 Å². The third kappa shape index (κ3) is 4.55. The van der Waals surface area contributed by atoms with Gasteiger partial charge in [0.15, 0.2) is 0 Å². The molecule has 40 heavy (non-hydrogen) atoms. The number of nitrogens with one attached hydrogen (secondary N) is 1. The number of fused-ring (bicyclic) bond motifs is 2. The number of carbonyl (C=O) groups excluding carboxylic acids is 3. The first-order chi connectivity index (χ1) is 19.2. The van der Waals surface area contributed by atoms with E-state index in [1.807, 2.05) is 0 Å². The number of carbonyl (C=O) groups is 3. The van der Waals surface area contributed by atoms with Crippen LogP contribution in [0.3, 0.4) is 0 Å². The SMILES string of the molecule is O=C(Cn1c2c(sc1=O)[C@@H](c1ccccc1O)[C@H]1C(=O)N(c3ccc(Br)cc3)C(=O)[C@H]1S2)Nc1ccc(F)cc1. The zero-order valence-electron chi connectivity index (χ0n) is 20.4. The number of hydrogen-bond acceptors (Lipinski definition) is 7. The Bertz CT molecular complexity index is 1720. The highest BCUT2D eigenvalue weighted by Crippen LogP contribution is 2.55. The summed E-state index contributed by atoms with van der Waals surface area (Å²) >= 11 is 5.34. The molecule has 1 saturated heterocycles. The molecule has 0 bridgehead atoms. The van der Waals surface area contributed by atoms with E-state index >= 15 is 0 Å². The second-order valence-electron chi connectivity index (χ2n) is 9.27. The number of aromatic hydroxyl groups is 1. The van der Waals surface area contributed by atoms with E-state index in [0.29, 0.717) is 26.8 Å². The van der Waals surface area contributed by atoms with Crippen LogP contribution in [-0.2, 0) is 20.9 Å². The molecule has 0 aliphatic carbocycles. The summed E-state index contributed by atoms with van der Waals surface area (Å²) in [5.74, 6) is -3.54. The molecular formula is C28H19BrFN3O5S2. The Labute approximate surface area is 243 Å². The van der Waals surface area contributed by atoms with Crippen LogP contribution in [0.1, 0.15) is 16.4 Å². The predicted octanol–water partition coefficient (Wildman–Crippen LogP) is 4.95. The first-order valence-electron chi connectivity index (χ1n) is 12.1. The van der Waals surface area contributed by atoms with Gasteiger partial charge in [-0.3, -0.25) is 23.7 Å². The number of phenolic OH excluding ortho intramolecular Hbond substituents is 1. The van der Waals surface area contributed by atoms with Crippen molar-refractivity contribution in [2.45, 2.75) is 22.7 Å². The molecular weight excluding hydrogens is 621 g/mol. The monoisotopic (exact) mass is 639 g/mol. The molecule has 2 aliphatic rings. The van der Waals surface area contributed by atoms with Crippen LogP contribution in [0.5, 0.6) is 5.75 Å². The lowest BCUT2D eigenvalue weighted by atomic mass is 9.82. The topological polar surface area (TPSA) is 109 Å². The van der Waals surface area contributed by atoms with Crippen LogP contribution in [0.15, 0.2) is 87.1 Å². The van der Waals surface area contributed by atoms with Crippen LogP contribution in [0.25, 0.3) is 0 Å². The molecule has 2 aliphatic heterocycles. The summed E-state index contributed by atoms with van der Waals surface area (Å²) in [6.07, 6.45) is 0. The van der Waals surface area contributed by atoms with Crippen molar-refractivity contribution in [2.75, 3.05) is 10.2 Å². The summed E-state index contributed by atoms with van der Waals surface area (Å²) < 4.78 is 15.3. The summed E-state index contributed by atoms with van der Waals surface area (Å²) in [7, 11) is 0. The summed E-state index contributed by atoms with van der Waals surface area (Å²) in [4.78, 5) is 54.9. The van der Waals surface area contributed by atoms with Crippen LogP contribution >= 0.6 is 39.0 Å². The normalized spacial score (nSPS) is 19.9. The zero-order chi connectivity index (χ0) is 28.1. The van der Waals surface area contributed by atoms with Crippen LogP contribution < -0.4 is 15.1 Å². The lowest BCUT2D eigenvalue weighted by Gasteiger charge is -2.31. The molecule has 3 atom stereocenters. The number of thioether (sulfide) groups is 1. The van der Waals surface area contributed by atoms with Crippen LogP contribution in [0, 0.1) is 11.7 Å². The molecule has 4 aromatic rings. The molecule has 3 amide bonds. The smallest absolute Gasteiger partial charge is 0.308 e. The number of benzene rings is 3. The molecule has 1 aromatic heterocycles. The Morgan fingerprint density at radius 2 is 1.68 bits per heavy atom. The number of rotatable bonds is 5. The van der Waals surface area contributed by atoms with Crippen LogP contribution in [0.4, 0.5) is 15.8 Å². The first kappa shape index (κ1) is 26.5. The minimum absolute atomic E-state index is 0.0621. The quantitative estimate of drug-likeness (QED) is 0.299. The first-order valence-corrected chi connectivity index (χ1v) is 14.6. The molecule has 2 N–H and O–H groups in total. The molecule has 1 fully saturated rings. The number of nitrogens with zero attached hydrogens (tertiary/aromatic N) is 2. The van der Waals surface area contributed by atoms with Crippen molar-refractivity contribution in [1.82, 2.24) is 4.57 Å². The molecule has 202 valence electrons. The van der Waals surface area contributed by atoms with Gasteiger partial charge in [-0.05, 0) is 54.6 Å². The van der Waals surface area contributed by atoms with Gasteiger partial charge in [-0.15, -0.1) is 0 Å². The molecule has 3 heterocycles. The minimum Gasteiger partial charge on any atom is -0.508 e. The number of para-hydroxylation sites is 1. The standard InChI is InChI=1S/C28H19BrFN3O5S2/c29-14-5-11-17(12-6-14)33-25(36)22-21(18-3-1-2-4-19(18)34)24-27(39-23(22)26(33)37)32(28(38)40-24)13-20(35)31-16-9-7-15(30)8-10-16/h1-12,21-23,34H,13H2,(H,31,35)/t21-,22+,23-/m0/s1. The summed E-state index contributed by atoms with van der Waals surface area (Å²) in [6, 6.07) is 18.6. The number of amides is 3. The van der Waals surface area contributed by atoms with E-state index in [1.165, 1.54) is 34.9 Å². The van der Waals surface area contributed by atoms with E-state index in [1.54, 1.807) is 42.5 Å². The maximum atomic E-state index is 13.9. The van der Waals surface area contributed by atoms with Gasteiger partial charge in [-0.2, -0.15) is 0 Å². The van der Waals surface area contributed by atoms with E-state index in [2.05, 4.69) is 21.2 Å². The fraction of sp³-hybridized carbons (Fsp3) is 0.143.